The summed E-state index contributed by atoms with van der Waals surface area (Å²) in [5.41, 5.74) is 3.65. The summed E-state index contributed by atoms with van der Waals surface area (Å²) in [6, 6.07) is 7.61. The average molecular weight is 340 g/mol. The van der Waals surface area contributed by atoms with Crippen LogP contribution in [0.3, 0.4) is 0 Å². The van der Waals surface area contributed by atoms with E-state index in [1.54, 1.807) is 17.1 Å². The first kappa shape index (κ1) is 15.9. The highest BCUT2D eigenvalue weighted by molar-refractivity contribution is 5.38. The van der Waals surface area contributed by atoms with Gasteiger partial charge in [-0.15, -0.1) is 0 Å². The molecule has 1 aliphatic carbocycles. The van der Waals surface area contributed by atoms with Gasteiger partial charge in [-0.25, -0.2) is 13.5 Å². The Balaban J connectivity index is 1.59. The first-order chi connectivity index (χ1) is 12.2. The molecule has 1 N–H and O–H groups in total. The van der Waals surface area contributed by atoms with Gasteiger partial charge in [0.2, 0.25) is 0 Å². The van der Waals surface area contributed by atoms with E-state index in [0.717, 1.165) is 48.7 Å². The molecule has 1 aliphatic rings. The van der Waals surface area contributed by atoms with E-state index in [2.05, 4.69) is 15.4 Å². The largest absolute Gasteiger partial charge is 0.306 e. The predicted molar refractivity (Wildman–Crippen MR) is 90.2 cm³/mol. The minimum Gasteiger partial charge on any atom is -0.306 e. The molecule has 1 aromatic carbocycles. The minimum atomic E-state index is -0.596. The molecule has 0 spiro atoms. The van der Waals surface area contributed by atoms with Crippen molar-refractivity contribution in [2.45, 2.75) is 31.8 Å². The van der Waals surface area contributed by atoms with Gasteiger partial charge in [0, 0.05) is 42.3 Å². The number of nitrogens with one attached hydrogen (secondary N) is 1. The molecule has 1 unspecified atom stereocenters. The van der Waals surface area contributed by atoms with E-state index >= 15 is 0 Å². The highest BCUT2D eigenvalue weighted by Crippen LogP contribution is 2.31. The van der Waals surface area contributed by atoms with Crippen LogP contribution in [-0.2, 0) is 13.0 Å². The van der Waals surface area contributed by atoms with Gasteiger partial charge < -0.3 is 5.32 Å². The van der Waals surface area contributed by atoms with E-state index in [-0.39, 0.29) is 6.04 Å². The van der Waals surface area contributed by atoms with E-state index in [0.29, 0.717) is 5.69 Å². The molecule has 0 saturated heterocycles. The van der Waals surface area contributed by atoms with Crippen molar-refractivity contribution in [3.8, 4) is 5.69 Å². The Labute approximate surface area is 144 Å². The summed E-state index contributed by atoms with van der Waals surface area (Å²) in [4.78, 5) is 4.13. The van der Waals surface area contributed by atoms with E-state index in [4.69, 9.17) is 0 Å². The van der Waals surface area contributed by atoms with E-state index in [9.17, 15) is 8.78 Å². The maximum absolute atomic E-state index is 13.5. The van der Waals surface area contributed by atoms with Crippen LogP contribution < -0.4 is 5.32 Å². The summed E-state index contributed by atoms with van der Waals surface area (Å²) < 4.78 is 28.7. The summed E-state index contributed by atoms with van der Waals surface area (Å²) in [5.74, 6) is -1.19. The molecule has 0 aliphatic heterocycles. The summed E-state index contributed by atoms with van der Waals surface area (Å²) in [7, 11) is 0. The molecule has 4 nitrogen and oxygen atoms in total. The van der Waals surface area contributed by atoms with Crippen LogP contribution in [0.1, 0.15) is 35.7 Å². The Morgan fingerprint density at radius 2 is 2.00 bits per heavy atom. The number of aromatic nitrogens is 3. The first-order valence-electron chi connectivity index (χ1n) is 8.36. The van der Waals surface area contributed by atoms with E-state index in [1.807, 2.05) is 18.3 Å². The summed E-state index contributed by atoms with van der Waals surface area (Å²) in [6.45, 7) is 0.720. The second-order valence-corrected chi connectivity index (χ2v) is 6.27. The third kappa shape index (κ3) is 3.30. The van der Waals surface area contributed by atoms with Crippen LogP contribution in [0.5, 0.6) is 0 Å². The lowest BCUT2D eigenvalue weighted by atomic mass is 9.92. The molecule has 2 aromatic heterocycles. The van der Waals surface area contributed by atoms with Gasteiger partial charge in [-0.1, -0.05) is 6.07 Å². The van der Waals surface area contributed by atoms with Crippen molar-refractivity contribution in [3.05, 3.63) is 77.4 Å². The quantitative estimate of drug-likeness (QED) is 0.787. The van der Waals surface area contributed by atoms with Crippen LogP contribution >= 0.6 is 0 Å². The molecule has 2 heterocycles. The maximum Gasteiger partial charge on any atom is 0.128 e. The second kappa shape index (κ2) is 6.72. The van der Waals surface area contributed by atoms with Crippen molar-refractivity contribution >= 4 is 0 Å². The topological polar surface area (TPSA) is 42.7 Å². The lowest BCUT2D eigenvalue weighted by molar-refractivity contribution is 0.454. The number of rotatable bonds is 4. The van der Waals surface area contributed by atoms with Crippen molar-refractivity contribution in [1.82, 2.24) is 20.1 Å². The van der Waals surface area contributed by atoms with Crippen molar-refractivity contribution in [1.29, 1.82) is 0 Å². The van der Waals surface area contributed by atoms with Crippen LogP contribution in [-0.4, -0.2) is 14.8 Å². The summed E-state index contributed by atoms with van der Waals surface area (Å²) >= 11 is 0. The molecule has 3 aromatic rings. The Bertz CT molecular complexity index is 856. The number of nitrogens with zero attached hydrogens (tertiary/aromatic N) is 3. The summed E-state index contributed by atoms with van der Waals surface area (Å²) in [5, 5.41) is 7.93. The monoisotopic (exact) mass is 340 g/mol. The standard InChI is InChI=1S/C19H18F2N4/c20-14-7-15(21)9-16(8-14)25-19-5-1-4-18(17(19)12-24-25)23-11-13-3-2-6-22-10-13/h2-3,6-10,12,18,23H,1,4-5,11H2. The molecule has 0 radical (unpaired) electrons. The molecule has 4 rings (SSSR count). The maximum atomic E-state index is 13.5. The van der Waals surface area contributed by atoms with Gasteiger partial charge in [-0.2, -0.15) is 5.10 Å². The Morgan fingerprint density at radius 1 is 1.16 bits per heavy atom. The Kier molecular flexibility index (Phi) is 4.28. The second-order valence-electron chi connectivity index (χ2n) is 6.27. The highest BCUT2D eigenvalue weighted by atomic mass is 19.1. The van der Waals surface area contributed by atoms with Gasteiger partial charge in [-0.05, 0) is 43.0 Å². The predicted octanol–water partition coefficient (Wildman–Crippen LogP) is 3.71. The van der Waals surface area contributed by atoms with Crippen LogP contribution in [0.25, 0.3) is 5.69 Å². The molecule has 0 saturated carbocycles. The summed E-state index contributed by atoms with van der Waals surface area (Å²) in [6.07, 6.45) is 8.26. The number of halogens is 2. The number of hydrogen-bond acceptors (Lipinski definition) is 3. The van der Waals surface area contributed by atoms with Crippen LogP contribution in [0.4, 0.5) is 8.78 Å². The number of hydrogen-bond donors (Lipinski definition) is 1. The molecule has 128 valence electrons. The van der Waals surface area contributed by atoms with Gasteiger partial charge in [0.05, 0.1) is 11.9 Å². The van der Waals surface area contributed by atoms with Crippen molar-refractivity contribution in [2.75, 3.05) is 0 Å². The molecule has 6 heteroatoms. The van der Waals surface area contributed by atoms with Crippen molar-refractivity contribution in [3.63, 3.8) is 0 Å². The fraction of sp³-hybridized carbons (Fsp3) is 0.263. The van der Waals surface area contributed by atoms with Crippen molar-refractivity contribution < 1.29 is 8.78 Å². The lowest BCUT2D eigenvalue weighted by Gasteiger charge is -2.24. The number of benzene rings is 1. The van der Waals surface area contributed by atoms with Gasteiger partial charge in [-0.3, -0.25) is 4.98 Å². The average Bonchev–Trinajstić information content (AvgIpc) is 3.05. The van der Waals surface area contributed by atoms with Crippen LogP contribution in [0, 0.1) is 11.6 Å². The Morgan fingerprint density at radius 3 is 2.76 bits per heavy atom. The smallest absolute Gasteiger partial charge is 0.128 e. The lowest BCUT2D eigenvalue weighted by Crippen LogP contribution is -2.25. The fourth-order valence-electron chi connectivity index (χ4n) is 3.40. The first-order valence-corrected chi connectivity index (χ1v) is 8.36. The number of pyridine rings is 1. The normalized spacial score (nSPS) is 16.6. The molecule has 0 fully saturated rings. The zero-order valence-corrected chi connectivity index (χ0v) is 13.6. The van der Waals surface area contributed by atoms with Gasteiger partial charge in [0.1, 0.15) is 11.6 Å². The van der Waals surface area contributed by atoms with Gasteiger partial charge in [0.25, 0.3) is 0 Å². The molecule has 0 amide bonds. The fourth-order valence-corrected chi connectivity index (χ4v) is 3.40. The SMILES string of the molecule is Fc1cc(F)cc(-n2ncc3c2CCCC3NCc2cccnc2)c1. The molecule has 1 atom stereocenters. The van der Waals surface area contributed by atoms with Crippen LogP contribution in [0.2, 0.25) is 0 Å². The molecular formula is C19H18F2N4. The number of fused-ring (bicyclic) bond motifs is 1. The Hall–Kier alpha value is -2.60. The highest BCUT2D eigenvalue weighted by Gasteiger charge is 2.24. The minimum absolute atomic E-state index is 0.177. The van der Waals surface area contributed by atoms with E-state index in [1.165, 1.54) is 12.1 Å². The zero-order chi connectivity index (χ0) is 17.2. The third-order valence-corrected chi connectivity index (χ3v) is 4.55. The van der Waals surface area contributed by atoms with Crippen molar-refractivity contribution in [2.24, 2.45) is 0 Å². The van der Waals surface area contributed by atoms with Crippen LogP contribution in [0.15, 0.2) is 48.9 Å². The zero-order valence-electron chi connectivity index (χ0n) is 13.6. The molecule has 0 bridgehead atoms. The third-order valence-electron chi connectivity index (χ3n) is 4.55. The van der Waals surface area contributed by atoms with E-state index < -0.39 is 11.6 Å². The molecule has 25 heavy (non-hydrogen) atoms. The molecular weight excluding hydrogens is 322 g/mol. The van der Waals surface area contributed by atoms with Gasteiger partial charge >= 0.3 is 0 Å². The van der Waals surface area contributed by atoms with Gasteiger partial charge in [0.15, 0.2) is 0 Å².